The van der Waals surface area contributed by atoms with E-state index < -0.39 is 126 Å². The first-order chi connectivity index (χ1) is 36.2. The van der Waals surface area contributed by atoms with Gasteiger partial charge < -0.3 is 91.5 Å². The summed E-state index contributed by atoms with van der Waals surface area (Å²) in [4.78, 5) is 147. The fourth-order valence-electron chi connectivity index (χ4n) is 7.14. The molecule has 77 heavy (non-hydrogen) atoms. The Hall–Kier alpha value is -8.57. The molecule has 2 rings (SSSR count). The summed E-state index contributed by atoms with van der Waals surface area (Å²) in [7, 11) is 0. The number of amides is 8. The molecule has 0 spiro atoms. The average Bonchev–Trinajstić information content (AvgIpc) is 3.88. The number of carboxylic acids is 2. The number of hydrogen-bond acceptors (Lipinski definition) is 15. The van der Waals surface area contributed by atoms with Crippen LogP contribution in [0.4, 0.5) is 0 Å². The molecule has 0 aliphatic heterocycles. The lowest BCUT2D eigenvalue weighted by Crippen LogP contribution is -2.60. The summed E-state index contributed by atoms with van der Waals surface area (Å²) in [6.07, 6.45) is 1.95. The van der Waals surface area contributed by atoms with Crippen LogP contribution in [0.2, 0.25) is 0 Å². The van der Waals surface area contributed by atoms with Crippen LogP contribution in [0.5, 0.6) is 5.75 Å². The topological polar surface area (TPSA) is 511 Å². The van der Waals surface area contributed by atoms with Gasteiger partial charge in [0, 0.05) is 37.8 Å². The summed E-state index contributed by atoms with van der Waals surface area (Å²) >= 11 is 0. The van der Waals surface area contributed by atoms with Crippen molar-refractivity contribution < 1.29 is 63.3 Å². The average molecular weight is 1090 g/mol. The van der Waals surface area contributed by atoms with Crippen LogP contribution in [-0.4, -0.2) is 164 Å². The number of aromatic hydroxyl groups is 1. The minimum atomic E-state index is -1.89. The van der Waals surface area contributed by atoms with Gasteiger partial charge in [-0.25, -0.2) is 9.78 Å². The van der Waals surface area contributed by atoms with Gasteiger partial charge in [-0.2, -0.15) is 0 Å². The Morgan fingerprint density at radius 3 is 1.65 bits per heavy atom. The maximum atomic E-state index is 14.3. The molecular weight excluding hydrogens is 1010 g/mol. The number of imidazole rings is 1. The number of aromatic nitrogens is 2. The Balaban J connectivity index is 2.39. The molecule has 426 valence electrons. The van der Waals surface area contributed by atoms with E-state index >= 15 is 0 Å². The van der Waals surface area contributed by atoms with Crippen LogP contribution in [0, 0.1) is 11.8 Å². The van der Waals surface area contributed by atoms with Gasteiger partial charge in [0.15, 0.2) is 11.9 Å². The van der Waals surface area contributed by atoms with Gasteiger partial charge in [-0.05, 0) is 62.1 Å². The zero-order valence-electron chi connectivity index (χ0n) is 43.7. The molecule has 0 bridgehead atoms. The van der Waals surface area contributed by atoms with Crippen molar-refractivity contribution in [3.05, 3.63) is 48.0 Å². The third kappa shape index (κ3) is 24.1. The summed E-state index contributed by atoms with van der Waals surface area (Å²) < 4.78 is 0. The van der Waals surface area contributed by atoms with E-state index in [4.69, 9.17) is 28.7 Å². The van der Waals surface area contributed by atoms with Gasteiger partial charge in [0.25, 0.3) is 0 Å². The third-order valence-corrected chi connectivity index (χ3v) is 11.8. The van der Waals surface area contributed by atoms with Crippen molar-refractivity contribution in [3.63, 3.8) is 0 Å². The van der Waals surface area contributed by atoms with Gasteiger partial charge in [0.1, 0.15) is 48.0 Å². The molecular formula is C47H75N17O13. The Kier molecular flexibility index (Phi) is 27.4. The summed E-state index contributed by atoms with van der Waals surface area (Å²) in [6.45, 7) is 7.33. The Labute approximate surface area is 444 Å². The highest BCUT2D eigenvalue weighted by Gasteiger charge is 2.34. The molecule has 0 fully saturated rings. The zero-order valence-corrected chi connectivity index (χ0v) is 43.7. The van der Waals surface area contributed by atoms with Crippen LogP contribution in [0.15, 0.2) is 46.8 Å². The number of nitrogens with zero attached hydrogens (tertiary/aromatic N) is 3. The summed E-state index contributed by atoms with van der Waals surface area (Å²) in [5.74, 6) is -11.6. The first-order valence-electron chi connectivity index (χ1n) is 24.7. The van der Waals surface area contributed by atoms with E-state index in [0.29, 0.717) is 17.7 Å². The number of nitrogens with two attached hydrogens (primary N) is 5. The molecule has 30 heteroatoms. The van der Waals surface area contributed by atoms with Gasteiger partial charge in [-0.15, -0.1) is 0 Å². The van der Waals surface area contributed by atoms with Crippen molar-refractivity contribution >= 4 is 71.1 Å². The SMILES string of the molecule is CC[C@H](C)[C@H](N)C(=O)N[C@@H](CCCN=C(N)N)C(=O)N[C@@H](C)C(=O)N[C@@H](Cc1cnc[nH]1)C(=O)N[C@@H](Cc1ccc(O)cc1)C(=O)N[C@@H](CC(=O)O)C(=O)NCC(=O)N[C@@H](CCCN=C(N)N)C(=O)N[C@H](C(=O)O)C(C)C. The number of phenolic OH excluding ortho intramolecular Hbond substituents is 1. The first kappa shape index (κ1) is 64.5. The molecule has 1 aromatic carbocycles. The number of carbonyl (C=O) groups is 10. The van der Waals surface area contributed by atoms with Crippen LogP contribution in [0.3, 0.4) is 0 Å². The predicted octanol–water partition coefficient (Wildman–Crippen LogP) is -4.87. The maximum Gasteiger partial charge on any atom is 0.326 e. The molecule has 0 saturated heterocycles. The highest BCUT2D eigenvalue weighted by atomic mass is 16.4. The van der Waals surface area contributed by atoms with E-state index in [1.54, 1.807) is 20.8 Å². The minimum absolute atomic E-state index is 0.0380. The Morgan fingerprint density at radius 1 is 0.636 bits per heavy atom. The van der Waals surface area contributed by atoms with Gasteiger partial charge in [0.05, 0.1) is 25.3 Å². The molecule has 9 atom stereocenters. The van der Waals surface area contributed by atoms with Crippen LogP contribution in [0.1, 0.15) is 84.4 Å². The molecule has 2 aromatic rings. The number of hydrogen-bond donors (Lipinski definition) is 17. The van der Waals surface area contributed by atoms with Crippen molar-refractivity contribution in [1.82, 2.24) is 52.5 Å². The molecule has 1 heterocycles. The van der Waals surface area contributed by atoms with E-state index in [-0.39, 0.29) is 75.2 Å². The van der Waals surface area contributed by atoms with Crippen molar-refractivity contribution in [2.75, 3.05) is 19.6 Å². The van der Waals surface area contributed by atoms with Crippen LogP contribution >= 0.6 is 0 Å². The molecule has 0 radical (unpaired) electrons. The highest BCUT2D eigenvalue weighted by molar-refractivity contribution is 5.98. The van der Waals surface area contributed by atoms with Crippen molar-refractivity contribution in [2.45, 2.75) is 134 Å². The zero-order chi connectivity index (χ0) is 57.9. The molecule has 0 aliphatic carbocycles. The smallest absolute Gasteiger partial charge is 0.326 e. The summed E-state index contributed by atoms with van der Waals surface area (Å²) in [6, 6.07) is -5.75. The number of rotatable bonds is 34. The normalized spacial score (nSPS) is 14.4. The maximum absolute atomic E-state index is 14.3. The minimum Gasteiger partial charge on any atom is -0.508 e. The largest absolute Gasteiger partial charge is 0.508 e. The van der Waals surface area contributed by atoms with Gasteiger partial charge in [0.2, 0.25) is 47.3 Å². The number of aromatic amines is 1. The standard InChI is InChI=1S/C47H75N17O13/c1-6-24(4)36(48)44(75)60-30(10-8-16-55-47(51)52)40(71)58-25(5)38(69)61-32(18-27-20-53-22-57-27)43(74)62-31(17-26-11-13-28(65)14-12-26)42(73)63-33(19-35(67)68)39(70)56-21-34(66)59-29(9-7-15-54-46(49)50)41(72)64-37(23(2)3)45(76)77/h11-14,20,22-25,29-33,36-37,65H,6-10,15-19,21,48H2,1-5H3,(H,53,57)(H,56,70)(H,58,71)(H,59,66)(H,60,75)(H,61,69)(H,62,74)(H,63,73)(H,64,72)(H,67,68)(H,76,77)(H4,49,50,54)(H4,51,52,55)/t24-,25-,29-,30-,31-,32-,33-,36-,37-/m0/s1. The lowest BCUT2D eigenvalue weighted by atomic mass is 9.98. The molecule has 0 aliphatic rings. The molecule has 30 nitrogen and oxygen atoms in total. The second kappa shape index (κ2) is 32.7. The number of carbonyl (C=O) groups excluding carboxylic acids is 8. The summed E-state index contributed by atoms with van der Waals surface area (Å²) in [5.41, 5.74) is 28.4. The van der Waals surface area contributed by atoms with Gasteiger partial charge in [-0.1, -0.05) is 46.2 Å². The Bertz CT molecular complexity index is 2380. The van der Waals surface area contributed by atoms with Gasteiger partial charge >= 0.3 is 11.9 Å². The van der Waals surface area contributed by atoms with Crippen molar-refractivity contribution in [2.24, 2.45) is 50.5 Å². The number of guanidine groups is 2. The first-order valence-corrected chi connectivity index (χ1v) is 24.7. The van der Waals surface area contributed by atoms with E-state index in [0.717, 1.165) is 0 Å². The number of H-pyrrole nitrogens is 1. The van der Waals surface area contributed by atoms with E-state index in [1.807, 2.05) is 6.92 Å². The lowest BCUT2D eigenvalue weighted by molar-refractivity contribution is -0.143. The van der Waals surface area contributed by atoms with E-state index in [9.17, 15) is 63.3 Å². The molecule has 0 unspecified atom stereocenters. The predicted molar refractivity (Wildman–Crippen MR) is 278 cm³/mol. The fraction of sp³-hybridized carbons (Fsp3) is 0.553. The third-order valence-electron chi connectivity index (χ3n) is 11.8. The number of aliphatic carboxylic acids is 2. The van der Waals surface area contributed by atoms with Gasteiger partial charge in [-0.3, -0.25) is 53.1 Å². The fourth-order valence-corrected chi connectivity index (χ4v) is 7.14. The number of carboxylic acid groups (broad SMARTS) is 2. The molecule has 8 amide bonds. The quantitative estimate of drug-likeness (QED) is 0.0177. The van der Waals surface area contributed by atoms with Crippen molar-refractivity contribution in [1.29, 1.82) is 0 Å². The highest BCUT2D eigenvalue weighted by Crippen LogP contribution is 2.13. The molecule has 1 aromatic heterocycles. The monoisotopic (exact) mass is 1090 g/mol. The molecule has 22 N–H and O–H groups in total. The number of nitrogens with one attached hydrogen (secondary N) is 9. The summed E-state index contributed by atoms with van der Waals surface area (Å²) in [5, 5.41) is 48.8. The Morgan fingerprint density at radius 2 is 1.14 bits per heavy atom. The second-order valence-electron chi connectivity index (χ2n) is 18.4. The number of benzene rings is 1. The van der Waals surface area contributed by atoms with E-state index in [1.165, 1.54) is 43.7 Å². The van der Waals surface area contributed by atoms with Crippen LogP contribution in [0.25, 0.3) is 0 Å². The number of aliphatic imine (C=N–C) groups is 2. The molecule has 0 saturated carbocycles. The van der Waals surface area contributed by atoms with Crippen LogP contribution in [-0.2, 0) is 60.8 Å². The van der Waals surface area contributed by atoms with E-state index in [2.05, 4.69) is 62.5 Å². The van der Waals surface area contributed by atoms with Crippen molar-refractivity contribution in [3.8, 4) is 5.75 Å². The van der Waals surface area contributed by atoms with Crippen LogP contribution < -0.4 is 71.2 Å². The second-order valence-corrected chi connectivity index (χ2v) is 18.4. The lowest BCUT2D eigenvalue weighted by Gasteiger charge is -2.27. The number of phenols is 1.